The number of isothiocyanates is 3. The number of pyridine rings is 3. The molecule has 0 amide bonds. The van der Waals surface area contributed by atoms with Crippen molar-refractivity contribution in [2.24, 2.45) is 0 Å². The summed E-state index contributed by atoms with van der Waals surface area (Å²) in [4.78, 5) is 43.4. The predicted molar refractivity (Wildman–Crippen MR) is 140 cm³/mol. The van der Waals surface area contributed by atoms with E-state index >= 15 is 0 Å². The van der Waals surface area contributed by atoms with Crippen LogP contribution in [0.25, 0.3) is 27.6 Å². The van der Waals surface area contributed by atoms with E-state index in [4.69, 9.17) is 31.5 Å². The van der Waals surface area contributed by atoms with Crippen LogP contribution in [-0.2, 0) is 19.5 Å². The molecule has 0 saturated carbocycles. The van der Waals surface area contributed by atoms with Gasteiger partial charge in [0.2, 0.25) is 0 Å². The van der Waals surface area contributed by atoms with Gasteiger partial charge in [0.15, 0.2) is 0 Å². The van der Waals surface area contributed by atoms with Crippen LogP contribution in [0.5, 0.6) is 0 Å². The van der Waals surface area contributed by atoms with E-state index in [0.29, 0.717) is 11.4 Å². The molecule has 0 spiro atoms. The molecular weight excluding hydrogens is 630 g/mol. The second-order valence-electron chi connectivity index (χ2n) is 5.28. The summed E-state index contributed by atoms with van der Waals surface area (Å²) in [6, 6.07) is 8.29. The molecular formula is C21H13N6O6RuS3. The third-order valence-corrected chi connectivity index (χ3v) is 3.20. The average molecular weight is 643 g/mol. The van der Waals surface area contributed by atoms with E-state index in [2.05, 4.69) is 51.6 Å². The summed E-state index contributed by atoms with van der Waals surface area (Å²) in [7, 11) is 0. The molecule has 0 unspecified atom stereocenters. The minimum atomic E-state index is -1.08. The molecule has 0 aliphatic carbocycles. The molecule has 37 heavy (non-hydrogen) atoms. The predicted octanol–water partition coefficient (Wildman–Crippen LogP) is 4.29. The molecule has 189 valence electrons. The van der Waals surface area contributed by atoms with Gasteiger partial charge in [-0.2, -0.15) is 15.5 Å². The first-order valence-corrected chi connectivity index (χ1v) is 9.91. The summed E-state index contributed by atoms with van der Waals surface area (Å²) in [6.45, 7) is 0. The van der Waals surface area contributed by atoms with E-state index < -0.39 is 17.9 Å². The maximum absolute atomic E-state index is 10.8. The van der Waals surface area contributed by atoms with Gasteiger partial charge in [-0.3, -0.25) is 15.0 Å². The average Bonchev–Trinajstić information content (AvgIpc) is 2.86. The number of hydrogen-bond donors (Lipinski definition) is 3. The maximum Gasteiger partial charge on any atom is 3.00 e. The quantitative estimate of drug-likeness (QED) is 0.206. The fourth-order valence-electron chi connectivity index (χ4n) is 1.90. The Bertz CT molecular complexity index is 1180. The number of rotatable bonds is 4. The Morgan fingerprint density at radius 3 is 1.14 bits per heavy atom. The Morgan fingerprint density at radius 1 is 0.622 bits per heavy atom. The SMILES string of the molecule is O=C(O)c1ccnc(-c2cc(C(=O)O)ccn2)c1.O=C(O)c1ccncc1.[N-]=C=S.[N-]=C=S.[N-]=C=S.[Ru+3]. The molecule has 0 atom stereocenters. The first-order chi connectivity index (χ1) is 17.1. The summed E-state index contributed by atoms with van der Waals surface area (Å²) < 4.78 is 0. The Morgan fingerprint density at radius 2 is 0.892 bits per heavy atom. The number of carbonyl (C=O) groups is 3. The van der Waals surface area contributed by atoms with Crippen LogP contribution < -0.4 is 0 Å². The van der Waals surface area contributed by atoms with Gasteiger partial charge in [-0.15, -0.1) is 0 Å². The van der Waals surface area contributed by atoms with E-state index in [1.54, 1.807) is 0 Å². The summed E-state index contributed by atoms with van der Waals surface area (Å²) in [5.74, 6) is -3.07. The van der Waals surface area contributed by atoms with E-state index in [-0.39, 0.29) is 36.2 Å². The monoisotopic (exact) mass is 643 g/mol. The molecule has 16 heteroatoms. The molecule has 0 aliphatic rings. The molecule has 3 aromatic heterocycles. The van der Waals surface area contributed by atoms with Gasteiger partial charge in [-0.05, 0) is 36.4 Å². The van der Waals surface area contributed by atoms with Crippen molar-refractivity contribution in [3.05, 3.63) is 94.1 Å². The molecule has 3 rings (SSSR count). The zero-order valence-corrected chi connectivity index (χ0v) is 22.3. The minimum absolute atomic E-state index is 0. The van der Waals surface area contributed by atoms with E-state index in [0.717, 1.165) is 0 Å². The van der Waals surface area contributed by atoms with Crippen molar-refractivity contribution in [3.8, 4) is 11.4 Å². The van der Waals surface area contributed by atoms with Gasteiger partial charge in [0.05, 0.1) is 28.1 Å². The molecule has 1 radical (unpaired) electrons. The Hall–Kier alpha value is -4.12. The van der Waals surface area contributed by atoms with Crippen LogP contribution in [0.2, 0.25) is 0 Å². The van der Waals surface area contributed by atoms with Crippen LogP contribution in [0.3, 0.4) is 0 Å². The maximum atomic E-state index is 10.8. The van der Waals surface area contributed by atoms with Crippen LogP contribution in [0, 0.1) is 0 Å². The van der Waals surface area contributed by atoms with E-state index in [1.807, 2.05) is 0 Å². The van der Waals surface area contributed by atoms with Crippen molar-refractivity contribution < 1.29 is 49.2 Å². The van der Waals surface area contributed by atoms with Gasteiger partial charge >= 0.3 is 37.4 Å². The van der Waals surface area contributed by atoms with Crippen molar-refractivity contribution in [2.75, 3.05) is 0 Å². The number of aromatic nitrogens is 3. The molecule has 0 aromatic carbocycles. The number of nitrogens with zero attached hydrogens (tertiary/aromatic N) is 6. The Kier molecular flexibility index (Phi) is 23.9. The second kappa shape index (κ2) is 23.6. The second-order valence-corrected chi connectivity index (χ2v) is 5.83. The minimum Gasteiger partial charge on any atom is -0.753 e. The van der Waals surface area contributed by atoms with Gasteiger partial charge in [0.1, 0.15) is 0 Å². The number of aromatic carboxylic acids is 3. The summed E-state index contributed by atoms with van der Waals surface area (Å²) in [6.07, 6.45) is 5.58. The molecule has 0 aliphatic heterocycles. The number of carboxylic acids is 3. The first kappa shape index (κ1) is 37.4. The van der Waals surface area contributed by atoms with Gasteiger partial charge in [0.25, 0.3) is 0 Å². The number of thiocarbonyl (C=S) groups is 3. The molecule has 0 saturated heterocycles. The molecule has 3 heterocycles. The first-order valence-electron chi connectivity index (χ1n) is 8.69. The largest absolute Gasteiger partial charge is 3.00 e. The van der Waals surface area contributed by atoms with Crippen molar-refractivity contribution in [3.63, 3.8) is 0 Å². The normalized spacial score (nSPS) is 7.68. The fourth-order valence-corrected chi connectivity index (χ4v) is 1.90. The van der Waals surface area contributed by atoms with Crippen LogP contribution in [0.4, 0.5) is 0 Å². The van der Waals surface area contributed by atoms with Crippen LogP contribution in [0.1, 0.15) is 31.1 Å². The van der Waals surface area contributed by atoms with Crippen LogP contribution >= 0.6 is 36.7 Å². The van der Waals surface area contributed by atoms with Gasteiger partial charge in [-0.1, -0.05) is 36.7 Å². The Balaban J connectivity index is -0.000000509. The van der Waals surface area contributed by atoms with E-state index in [9.17, 15) is 14.4 Å². The molecule has 3 N–H and O–H groups in total. The van der Waals surface area contributed by atoms with Crippen LogP contribution in [0.15, 0.2) is 61.2 Å². The van der Waals surface area contributed by atoms with Gasteiger partial charge < -0.3 is 31.5 Å². The van der Waals surface area contributed by atoms with Crippen LogP contribution in [-0.4, -0.2) is 63.7 Å². The number of carboxylic acid groups (broad SMARTS) is 3. The fraction of sp³-hybridized carbons (Fsp3) is 0. The Labute approximate surface area is 238 Å². The standard InChI is InChI=1S/C12H8N2O4.C6H5NO2.3CNS.Ru/c15-11(16)7-1-3-13-9(5-7)10-6-8(12(17)18)2-4-14-10;8-6(9)5-1-3-7-4-2-5;3*2-1-3;/h1-6H,(H,15,16)(H,17,18);1-4H,(H,8,9);;;;/q;;3*-1;+3. The third kappa shape index (κ3) is 17.9. The molecule has 12 nitrogen and oxygen atoms in total. The summed E-state index contributed by atoms with van der Waals surface area (Å²) in [5.41, 5.74) is 1.05. The zero-order valence-electron chi connectivity index (χ0n) is 18.1. The topological polar surface area (TPSA) is 217 Å². The molecule has 3 aromatic rings. The molecule has 0 bridgehead atoms. The van der Waals surface area contributed by atoms with Gasteiger partial charge in [-0.25, -0.2) is 14.4 Å². The van der Waals surface area contributed by atoms with E-state index in [1.165, 1.54) is 76.7 Å². The zero-order chi connectivity index (χ0) is 27.9. The third-order valence-electron chi connectivity index (χ3n) is 3.20. The van der Waals surface area contributed by atoms with Crippen molar-refractivity contribution in [1.82, 2.24) is 15.0 Å². The number of hydrogen-bond acceptors (Lipinski definition) is 9. The smallest absolute Gasteiger partial charge is 0.753 e. The summed E-state index contributed by atoms with van der Waals surface area (Å²) in [5, 5.41) is 51.5. The summed E-state index contributed by atoms with van der Waals surface area (Å²) >= 11 is 11.1. The molecule has 0 fully saturated rings. The van der Waals surface area contributed by atoms with Crippen molar-refractivity contribution in [2.45, 2.75) is 0 Å². The van der Waals surface area contributed by atoms with Gasteiger partial charge in [0, 0.05) is 24.8 Å². The van der Waals surface area contributed by atoms with Crippen molar-refractivity contribution >= 4 is 70.0 Å². The van der Waals surface area contributed by atoms with Crippen molar-refractivity contribution in [1.29, 1.82) is 0 Å².